The molecule has 1 aromatic carbocycles. The van der Waals surface area contributed by atoms with Crippen molar-refractivity contribution in [2.75, 3.05) is 13.6 Å². The van der Waals surface area contributed by atoms with E-state index in [1.165, 1.54) is 28.0 Å². The average molecular weight is 583 g/mol. The van der Waals surface area contributed by atoms with E-state index < -0.39 is 53.1 Å². The summed E-state index contributed by atoms with van der Waals surface area (Å²) in [7, 11) is 1.47. The normalized spacial score (nSPS) is 21.8. The number of nitrogens with one attached hydrogen (secondary N) is 1. The Bertz CT molecular complexity index is 1230. The third kappa shape index (κ3) is 8.03. The monoisotopic (exact) mass is 582 g/mol. The van der Waals surface area contributed by atoms with E-state index in [0.29, 0.717) is 6.42 Å². The molecule has 0 aromatic heterocycles. The maximum absolute atomic E-state index is 14.1. The standard InChI is InChI=1S/C31H46N6O5/c1-19(36(8)29(41)42-31(5,6)7)27(39)33-26(30(2,3)4)28(40)37-18-22(34-35-32)17-24(37)25(38)16-21-14-11-13-20-12-9-10-15-23(20)21/h9-10,12,15,19,21-22,24,26H,11,13-14,16-18H2,1-8H3,(H,33,39)/t19-,21-,22-,24-,26+/m0/s1. The number of amides is 3. The van der Waals surface area contributed by atoms with Gasteiger partial charge in [0, 0.05) is 24.9 Å². The van der Waals surface area contributed by atoms with Gasteiger partial charge in [-0.15, -0.1) is 0 Å². The zero-order chi connectivity index (χ0) is 31.4. The van der Waals surface area contributed by atoms with Gasteiger partial charge in [0.15, 0.2) is 5.78 Å². The van der Waals surface area contributed by atoms with Gasteiger partial charge in [-0.1, -0.05) is 50.2 Å². The molecule has 1 heterocycles. The van der Waals surface area contributed by atoms with Gasteiger partial charge < -0.3 is 15.0 Å². The zero-order valence-corrected chi connectivity index (χ0v) is 26.2. The molecular weight excluding hydrogens is 536 g/mol. The maximum Gasteiger partial charge on any atom is 0.410 e. The number of aryl methyl sites for hydroxylation is 1. The van der Waals surface area contributed by atoms with Crippen LogP contribution in [-0.2, 0) is 25.5 Å². The van der Waals surface area contributed by atoms with Crippen molar-refractivity contribution in [3.63, 3.8) is 0 Å². The van der Waals surface area contributed by atoms with Crippen LogP contribution in [0.25, 0.3) is 10.4 Å². The number of hydrogen-bond acceptors (Lipinski definition) is 6. The molecule has 1 fully saturated rings. The zero-order valence-electron chi connectivity index (χ0n) is 26.2. The van der Waals surface area contributed by atoms with Crippen LogP contribution >= 0.6 is 0 Å². The second kappa shape index (κ2) is 13.2. The number of Topliss-reactive ketones (excluding diaryl/α,β-unsaturated/α-hetero) is 1. The highest BCUT2D eigenvalue weighted by Gasteiger charge is 2.45. The number of ketones is 1. The fourth-order valence-electron chi connectivity index (χ4n) is 5.71. The molecule has 11 nitrogen and oxygen atoms in total. The Labute approximate surface area is 249 Å². The molecule has 1 aliphatic carbocycles. The van der Waals surface area contributed by atoms with Gasteiger partial charge in [-0.25, -0.2) is 4.79 Å². The van der Waals surface area contributed by atoms with Crippen molar-refractivity contribution >= 4 is 23.7 Å². The van der Waals surface area contributed by atoms with E-state index in [4.69, 9.17) is 10.3 Å². The second-order valence-electron chi connectivity index (χ2n) is 13.6. The lowest BCUT2D eigenvalue weighted by molar-refractivity contribution is -0.144. The van der Waals surface area contributed by atoms with Gasteiger partial charge in [0.2, 0.25) is 11.8 Å². The Kier molecular flexibility index (Phi) is 10.3. The van der Waals surface area contributed by atoms with Crippen LogP contribution in [-0.4, -0.2) is 76.9 Å². The number of likely N-dealkylation sites (tertiary alicyclic amines) is 1. The number of azide groups is 1. The Morgan fingerprint density at radius 2 is 1.83 bits per heavy atom. The lowest BCUT2D eigenvalue weighted by atomic mass is 9.79. The summed E-state index contributed by atoms with van der Waals surface area (Å²) in [5, 5.41) is 6.68. The van der Waals surface area contributed by atoms with Crippen LogP contribution in [0, 0.1) is 5.41 Å². The number of ether oxygens (including phenoxy) is 1. The van der Waals surface area contributed by atoms with Crippen LogP contribution in [0.4, 0.5) is 4.79 Å². The van der Waals surface area contributed by atoms with E-state index in [-0.39, 0.29) is 24.7 Å². The summed E-state index contributed by atoms with van der Waals surface area (Å²) < 4.78 is 5.39. The van der Waals surface area contributed by atoms with Gasteiger partial charge in [-0.3, -0.25) is 19.3 Å². The van der Waals surface area contributed by atoms with Gasteiger partial charge in [-0.2, -0.15) is 0 Å². The fraction of sp³-hybridized carbons (Fsp3) is 0.677. The van der Waals surface area contributed by atoms with Crippen LogP contribution < -0.4 is 5.32 Å². The first kappa shape index (κ1) is 32.9. The molecule has 2 aliphatic rings. The highest BCUT2D eigenvalue weighted by Crippen LogP contribution is 2.36. The lowest BCUT2D eigenvalue weighted by Gasteiger charge is -2.37. The van der Waals surface area contributed by atoms with Crippen LogP contribution in [0.15, 0.2) is 29.4 Å². The number of benzene rings is 1. The number of likely N-dealkylation sites (N-methyl/N-ethyl adjacent to an activating group) is 1. The molecule has 1 aromatic rings. The smallest absolute Gasteiger partial charge is 0.410 e. The van der Waals surface area contributed by atoms with Crippen molar-refractivity contribution in [3.8, 4) is 0 Å². The Morgan fingerprint density at radius 3 is 2.45 bits per heavy atom. The topological polar surface area (TPSA) is 145 Å². The Morgan fingerprint density at radius 1 is 1.17 bits per heavy atom. The molecule has 1 aliphatic heterocycles. The SMILES string of the molecule is C[C@@H](C(=O)N[C@H](C(=O)N1C[C@@H](N=[N+]=[N-])C[C@H]1C(=O)C[C@@H]1CCCc2ccccc21)C(C)(C)C)N(C)C(=O)OC(C)(C)C. The van der Waals surface area contributed by atoms with Gasteiger partial charge in [0.05, 0.1) is 12.1 Å². The summed E-state index contributed by atoms with van der Waals surface area (Å²) in [6.07, 6.45) is 2.76. The minimum atomic E-state index is -0.991. The molecule has 1 saturated heterocycles. The molecule has 0 bridgehead atoms. The molecule has 230 valence electrons. The van der Waals surface area contributed by atoms with Crippen LogP contribution in [0.1, 0.15) is 91.2 Å². The first-order valence-electron chi connectivity index (χ1n) is 14.7. The summed E-state index contributed by atoms with van der Waals surface area (Å²) in [6.45, 7) is 12.4. The number of nitrogens with zero attached hydrogens (tertiary/aromatic N) is 5. The molecule has 3 rings (SSSR count). The van der Waals surface area contributed by atoms with Crippen molar-refractivity contribution in [2.24, 2.45) is 10.5 Å². The van der Waals surface area contributed by atoms with E-state index in [1.54, 1.807) is 27.7 Å². The third-order valence-corrected chi connectivity index (χ3v) is 8.13. The summed E-state index contributed by atoms with van der Waals surface area (Å²) in [6, 6.07) is 4.97. The van der Waals surface area contributed by atoms with Crippen LogP contribution in [0.3, 0.4) is 0 Å². The number of carbonyl (C=O) groups excluding carboxylic acids is 4. The molecular formula is C31H46N6O5. The number of fused-ring (bicyclic) bond motifs is 1. The highest BCUT2D eigenvalue weighted by molar-refractivity contribution is 5.95. The Balaban J connectivity index is 1.81. The number of rotatable bonds is 8. The minimum Gasteiger partial charge on any atom is -0.444 e. The van der Waals surface area contributed by atoms with Crippen molar-refractivity contribution in [2.45, 2.75) is 116 Å². The molecule has 1 N–H and O–H groups in total. The number of hydrogen-bond donors (Lipinski definition) is 1. The van der Waals surface area contributed by atoms with Crippen molar-refractivity contribution in [1.82, 2.24) is 15.1 Å². The van der Waals surface area contributed by atoms with E-state index in [1.807, 2.05) is 32.9 Å². The second-order valence-corrected chi connectivity index (χ2v) is 13.6. The van der Waals surface area contributed by atoms with Crippen LogP contribution in [0.2, 0.25) is 0 Å². The van der Waals surface area contributed by atoms with Gasteiger partial charge in [0.25, 0.3) is 0 Å². The fourth-order valence-corrected chi connectivity index (χ4v) is 5.71. The van der Waals surface area contributed by atoms with E-state index >= 15 is 0 Å². The average Bonchev–Trinajstić information content (AvgIpc) is 3.33. The Hall–Kier alpha value is -3.59. The van der Waals surface area contributed by atoms with Crippen LogP contribution in [0.5, 0.6) is 0 Å². The summed E-state index contributed by atoms with van der Waals surface area (Å²) in [4.78, 5) is 59.4. The van der Waals surface area contributed by atoms with Gasteiger partial charge in [0.1, 0.15) is 17.7 Å². The molecule has 3 amide bonds. The number of carbonyl (C=O) groups is 4. The lowest BCUT2D eigenvalue weighted by Crippen LogP contribution is -2.59. The van der Waals surface area contributed by atoms with Gasteiger partial charge >= 0.3 is 6.09 Å². The molecule has 0 unspecified atom stereocenters. The molecule has 42 heavy (non-hydrogen) atoms. The van der Waals surface area contributed by atoms with Crippen molar-refractivity contribution in [3.05, 3.63) is 45.8 Å². The summed E-state index contributed by atoms with van der Waals surface area (Å²) in [5.41, 5.74) is 10.1. The first-order chi connectivity index (χ1) is 19.5. The highest BCUT2D eigenvalue weighted by atomic mass is 16.6. The third-order valence-electron chi connectivity index (χ3n) is 8.13. The quantitative estimate of drug-likeness (QED) is 0.257. The molecule has 0 radical (unpaired) electrons. The van der Waals surface area contributed by atoms with Crippen molar-refractivity contribution in [1.29, 1.82) is 0 Å². The first-order valence-corrected chi connectivity index (χ1v) is 14.7. The molecule has 0 spiro atoms. The molecule has 11 heteroatoms. The van der Waals surface area contributed by atoms with E-state index in [9.17, 15) is 19.2 Å². The predicted molar refractivity (Wildman–Crippen MR) is 160 cm³/mol. The largest absolute Gasteiger partial charge is 0.444 e. The summed E-state index contributed by atoms with van der Waals surface area (Å²) in [5.74, 6) is -0.942. The van der Waals surface area contributed by atoms with Crippen molar-refractivity contribution < 1.29 is 23.9 Å². The maximum atomic E-state index is 14.1. The minimum absolute atomic E-state index is 0.0697. The van der Waals surface area contributed by atoms with Gasteiger partial charge in [-0.05, 0) is 81.4 Å². The van der Waals surface area contributed by atoms with E-state index in [2.05, 4.69) is 27.5 Å². The predicted octanol–water partition coefficient (Wildman–Crippen LogP) is 5.13. The molecule has 0 saturated carbocycles. The summed E-state index contributed by atoms with van der Waals surface area (Å²) >= 11 is 0. The molecule has 5 atom stereocenters. The van der Waals surface area contributed by atoms with E-state index in [0.717, 1.165) is 19.3 Å².